The molecule has 2 N–H and O–H groups in total. The highest BCUT2D eigenvalue weighted by atomic mass is 35.5. The molecule has 0 amide bonds. The van der Waals surface area contributed by atoms with E-state index < -0.39 is 0 Å². The fourth-order valence-electron chi connectivity index (χ4n) is 2.07. The Hall–Kier alpha value is -0.930. The van der Waals surface area contributed by atoms with Crippen molar-refractivity contribution in [1.82, 2.24) is 0 Å². The summed E-state index contributed by atoms with van der Waals surface area (Å²) in [6.45, 7) is 0. The molecule has 1 fully saturated rings. The number of aliphatic hydroxyl groups is 1. The Morgan fingerprint density at radius 2 is 2.25 bits per heavy atom. The monoisotopic (exact) mass is 241 g/mol. The lowest BCUT2D eigenvalue weighted by molar-refractivity contribution is 0.172. The van der Waals surface area contributed by atoms with Gasteiger partial charge in [0.2, 0.25) is 0 Å². The summed E-state index contributed by atoms with van der Waals surface area (Å²) in [4.78, 5) is 0. The molecular weight excluding hydrogens is 226 g/mol. The van der Waals surface area contributed by atoms with E-state index in [-0.39, 0.29) is 12.1 Å². The molecule has 0 saturated heterocycles. The van der Waals surface area contributed by atoms with Crippen LogP contribution in [0.5, 0.6) is 5.75 Å². The number of aliphatic hydroxyl groups excluding tert-OH is 1. The van der Waals surface area contributed by atoms with Crippen LogP contribution in [0.2, 0.25) is 5.02 Å². The maximum absolute atomic E-state index is 9.71. The normalized spacial score (nSPS) is 24.4. The molecule has 0 bridgehead atoms. The lowest BCUT2D eigenvalue weighted by atomic mass is 10.2. The van der Waals surface area contributed by atoms with Gasteiger partial charge in [-0.2, -0.15) is 0 Å². The van der Waals surface area contributed by atoms with E-state index in [0.29, 0.717) is 10.8 Å². The summed E-state index contributed by atoms with van der Waals surface area (Å²) in [6, 6.07) is 5.69. The van der Waals surface area contributed by atoms with Gasteiger partial charge in [-0.1, -0.05) is 11.6 Å². The minimum absolute atomic E-state index is 0.144. The van der Waals surface area contributed by atoms with Crippen LogP contribution in [0.25, 0.3) is 0 Å². The summed E-state index contributed by atoms with van der Waals surface area (Å²) in [5, 5.41) is 13.6. The predicted octanol–water partition coefficient (Wildman–Crippen LogP) is 2.67. The minimum atomic E-state index is -0.248. The fraction of sp³-hybridized carbons (Fsp3) is 0.500. The molecule has 0 radical (unpaired) electrons. The van der Waals surface area contributed by atoms with Crippen LogP contribution in [0.15, 0.2) is 18.2 Å². The number of hydrogen-bond donors (Lipinski definition) is 2. The Balaban J connectivity index is 2.09. The summed E-state index contributed by atoms with van der Waals surface area (Å²) >= 11 is 5.94. The Morgan fingerprint density at radius 3 is 2.88 bits per heavy atom. The van der Waals surface area contributed by atoms with Gasteiger partial charge in [-0.15, -0.1) is 0 Å². The Morgan fingerprint density at radius 1 is 1.44 bits per heavy atom. The Kier molecular flexibility index (Phi) is 3.56. The molecular formula is C12H16ClNO2. The second-order valence-corrected chi connectivity index (χ2v) is 4.51. The molecule has 0 unspecified atom stereocenters. The van der Waals surface area contributed by atoms with Gasteiger partial charge in [0.25, 0.3) is 0 Å². The maximum atomic E-state index is 9.71. The van der Waals surface area contributed by atoms with Crippen LogP contribution in [0.1, 0.15) is 19.3 Å². The first-order valence-corrected chi connectivity index (χ1v) is 5.86. The van der Waals surface area contributed by atoms with Crippen molar-refractivity contribution in [2.75, 3.05) is 12.4 Å². The number of halogens is 1. The van der Waals surface area contributed by atoms with Crippen molar-refractivity contribution < 1.29 is 9.84 Å². The van der Waals surface area contributed by atoms with E-state index in [1.54, 1.807) is 13.2 Å². The second-order valence-electron chi connectivity index (χ2n) is 4.10. The molecule has 88 valence electrons. The summed E-state index contributed by atoms with van der Waals surface area (Å²) in [5.74, 6) is 0.652. The van der Waals surface area contributed by atoms with Gasteiger partial charge in [0.05, 0.1) is 24.3 Å². The zero-order chi connectivity index (χ0) is 11.5. The van der Waals surface area contributed by atoms with Crippen molar-refractivity contribution in [2.24, 2.45) is 0 Å². The number of benzene rings is 1. The van der Waals surface area contributed by atoms with Gasteiger partial charge in [0.15, 0.2) is 0 Å². The van der Waals surface area contributed by atoms with Crippen LogP contribution in [0, 0.1) is 0 Å². The van der Waals surface area contributed by atoms with Gasteiger partial charge in [-0.05, 0) is 31.4 Å². The zero-order valence-corrected chi connectivity index (χ0v) is 10.00. The third kappa shape index (κ3) is 2.42. The van der Waals surface area contributed by atoms with Gasteiger partial charge in [0, 0.05) is 11.8 Å². The van der Waals surface area contributed by atoms with Gasteiger partial charge < -0.3 is 15.2 Å². The molecule has 1 aliphatic rings. The average Bonchev–Trinajstić information content (AvgIpc) is 2.67. The van der Waals surface area contributed by atoms with Gasteiger partial charge in [-0.25, -0.2) is 0 Å². The van der Waals surface area contributed by atoms with E-state index in [9.17, 15) is 5.11 Å². The molecule has 0 aliphatic heterocycles. The van der Waals surface area contributed by atoms with E-state index >= 15 is 0 Å². The Labute approximate surface area is 100 Å². The highest BCUT2D eigenvalue weighted by molar-refractivity contribution is 6.32. The average molecular weight is 242 g/mol. The van der Waals surface area contributed by atoms with E-state index in [4.69, 9.17) is 16.3 Å². The van der Waals surface area contributed by atoms with E-state index in [2.05, 4.69) is 5.32 Å². The quantitative estimate of drug-likeness (QED) is 0.855. The van der Waals surface area contributed by atoms with Gasteiger partial charge >= 0.3 is 0 Å². The number of methoxy groups -OCH3 is 1. The van der Waals surface area contributed by atoms with Crippen LogP contribution in [-0.2, 0) is 0 Å². The molecule has 16 heavy (non-hydrogen) atoms. The third-order valence-corrected chi connectivity index (χ3v) is 3.29. The number of rotatable bonds is 3. The predicted molar refractivity (Wildman–Crippen MR) is 65.3 cm³/mol. The summed E-state index contributed by atoms with van der Waals surface area (Å²) < 4.78 is 5.14. The number of ether oxygens (including phenoxy) is 1. The lowest BCUT2D eigenvalue weighted by Crippen LogP contribution is -2.27. The first kappa shape index (κ1) is 11.6. The highest BCUT2D eigenvalue weighted by Crippen LogP contribution is 2.29. The van der Waals surface area contributed by atoms with Crippen LogP contribution < -0.4 is 10.1 Å². The topological polar surface area (TPSA) is 41.5 Å². The molecule has 1 saturated carbocycles. The smallest absolute Gasteiger partial charge is 0.139 e. The van der Waals surface area contributed by atoms with Gasteiger partial charge in [0.1, 0.15) is 5.75 Å². The van der Waals surface area contributed by atoms with E-state index in [1.807, 2.05) is 12.1 Å². The van der Waals surface area contributed by atoms with Crippen molar-refractivity contribution in [3.63, 3.8) is 0 Å². The molecule has 4 heteroatoms. The molecule has 1 aliphatic carbocycles. The van der Waals surface area contributed by atoms with Crippen molar-refractivity contribution >= 4 is 17.3 Å². The summed E-state index contributed by atoms with van der Waals surface area (Å²) in [7, 11) is 1.59. The van der Waals surface area contributed by atoms with Crippen LogP contribution in [0.3, 0.4) is 0 Å². The summed E-state index contributed by atoms with van der Waals surface area (Å²) in [5.41, 5.74) is 0.937. The third-order valence-electron chi connectivity index (χ3n) is 2.98. The molecule has 0 aromatic heterocycles. The summed E-state index contributed by atoms with van der Waals surface area (Å²) in [6.07, 6.45) is 2.71. The molecule has 3 nitrogen and oxygen atoms in total. The molecule has 2 rings (SSSR count). The second kappa shape index (κ2) is 4.93. The van der Waals surface area contributed by atoms with Crippen molar-refractivity contribution in [3.8, 4) is 5.75 Å². The standard InChI is InChI=1S/C12H16ClNO2/c1-16-12-7-8(5-6-9(12)13)14-10-3-2-4-11(10)15/h5-7,10-11,14-15H,2-4H2,1H3/t10-,11-/m0/s1. The minimum Gasteiger partial charge on any atom is -0.495 e. The van der Waals surface area contributed by atoms with Crippen LogP contribution in [-0.4, -0.2) is 24.4 Å². The number of hydrogen-bond acceptors (Lipinski definition) is 3. The van der Waals surface area contributed by atoms with Crippen molar-refractivity contribution in [1.29, 1.82) is 0 Å². The molecule has 1 aromatic carbocycles. The SMILES string of the molecule is COc1cc(N[C@H]2CCC[C@@H]2O)ccc1Cl. The van der Waals surface area contributed by atoms with E-state index in [1.165, 1.54) is 0 Å². The fourth-order valence-corrected chi connectivity index (χ4v) is 2.27. The zero-order valence-electron chi connectivity index (χ0n) is 9.24. The van der Waals surface area contributed by atoms with E-state index in [0.717, 1.165) is 24.9 Å². The molecule has 2 atom stereocenters. The molecule has 1 aromatic rings. The van der Waals surface area contributed by atoms with Crippen LogP contribution >= 0.6 is 11.6 Å². The highest BCUT2D eigenvalue weighted by Gasteiger charge is 2.24. The molecule has 0 heterocycles. The number of anilines is 1. The maximum Gasteiger partial charge on any atom is 0.139 e. The lowest BCUT2D eigenvalue weighted by Gasteiger charge is -2.18. The van der Waals surface area contributed by atoms with Crippen LogP contribution in [0.4, 0.5) is 5.69 Å². The Bertz CT molecular complexity index is 370. The van der Waals surface area contributed by atoms with Crippen molar-refractivity contribution in [2.45, 2.75) is 31.4 Å². The largest absolute Gasteiger partial charge is 0.495 e. The van der Waals surface area contributed by atoms with Gasteiger partial charge in [-0.3, -0.25) is 0 Å². The first-order chi connectivity index (χ1) is 7.70. The molecule has 0 spiro atoms. The first-order valence-electron chi connectivity index (χ1n) is 5.49. The van der Waals surface area contributed by atoms with Crippen molar-refractivity contribution in [3.05, 3.63) is 23.2 Å². The number of nitrogens with one attached hydrogen (secondary N) is 1.